The minimum Gasteiger partial charge on any atom is -0.497 e. The molecule has 2 N–H and O–H groups in total. The molecule has 6 nitrogen and oxygen atoms in total. The highest BCUT2D eigenvalue weighted by atomic mass is 32.1. The van der Waals surface area contributed by atoms with Crippen LogP contribution in [0.5, 0.6) is 11.5 Å². The number of methoxy groups -OCH3 is 2. The van der Waals surface area contributed by atoms with Gasteiger partial charge >= 0.3 is 6.03 Å². The van der Waals surface area contributed by atoms with E-state index in [1.807, 2.05) is 0 Å². The van der Waals surface area contributed by atoms with Crippen LogP contribution < -0.4 is 20.1 Å². The van der Waals surface area contributed by atoms with Crippen molar-refractivity contribution in [2.24, 2.45) is 0 Å². The van der Waals surface area contributed by atoms with Crippen LogP contribution in [0, 0.1) is 0 Å². The van der Waals surface area contributed by atoms with Gasteiger partial charge < -0.3 is 20.1 Å². The van der Waals surface area contributed by atoms with Gasteiger partial charge in [-0.1, -0.05) is 0 Å². The van der Waals surface area contributed by atoms with E-state index in [-0.39, 0.29) is 12.1 Å². The number of likely N-dealkylation sites (tertiary alicyclic amines) is 1. The Labute approximate surface area is 158 Å². The molecule has 0 spiro atoms. The van der Waals surface area contributed by atoms with Crippen LogP contribution in [0.25, 0.3) is 0 Å². The number of carbonyl (C=O) groups is 1. The summed E-state index contributed by atoms with van der Waals surface area (Å²) in [6, 6.07) is 7.41. The van der Waals surface area contributed by atoms with E-state index in [4.69, 9.17) is 9.47 Å². The molecular weight excluding hydrogens is 350 g/mol. The first kappa shape index (κ1) is 18.5. The van der Waals surface area contributed by atoms with Crippen LogP contribution in [0.3, 0.4) is 0 Å². The number of hydrogen-bond acceptors (Lipinski definition) is 5. The van der Waals surface area contributed by atoms with Gasteiger partial charge in [0.15, 0.2) is 0 Å². The average Bonchev–Trinajstić information content (AvgIpc) is 3.36. The highest BCUT2D eigenvalue weighted by Gasteiger charge is 2.24. The second kappa shape index (κ2) is 8.91. The molecule has 7 heteroatoms. The number of urea groups is 1. The van der Waals surface area contributed by atoms with E-state index in [9.17, 15) is 4.79 Å². The van der Waals surface area contributed by atoms with Crippen molar-refractivity contribution in [3.63, 3.8) is 0 Å². The van der Waals surface area contributed by atoms with Crippen LogP contribution in [0.4, 0.5) is 10.5 Å². The molecular formula is C19H25N3O3S. The van der Waals surface area contributed by atoms with Crippen molar-refractivity contribution in [2.45, 2.75) is 18.9 Å². The highest BCUT2D eigenvalue weighted by Crippen LogP contribution is 2.27. The third-order valence-corrected chi connectivity index (χ3v) is 5.28. The largest absolute Gasteiger partial charge is 0.497 e. The summed E-state index contributed by atoms with van der Waals surface area (Å²) in [6.07, 6.45) is 2.44. The fourth-order valence-corrected chi connectivity index (χ4v) is 3.93. The summed E-state index contributed by atoms with van der Waals surface area (Å²) in [7, 11) is 3.17. The Balaban J connectivity index is 1.62. The lowest BCUT2D eigenvalue weighted by Crippen LogP contribution is -2.38. The van der Waals surface area contributed by atoms with Crippen LogP contribution >= 0.6 is 11.3 Å². The molecule has 0 aliphatic carbocycles. The Hall–Kier alpha value is -2.25. The molecule has 3 rings (SSSR count). The lowest BCUT2D eigenvalue weighted by atomic mass is 10.1. The van der Waals surface area contributed by atoms with Gasteiger partial charge in [0.2, 0.25) is 0 Å². The molecule has 0 unspecified atom stereocenters. The zero-order chi connectivity index (χ0) is 18.4. The third kappa shape index (κ3) is 4.68. The van der Waals surface area contributed by atoms with Gasteiger partial charge in [-0.3, -0.25) is 4.90 Å². The van der Waals surface area contributed by atoms with E-state index in [1.54, 1.807) is 43.8 Å². The molecule has 2 heterocycles. The van der Waals surface area contributed by atoms with Crippen LogP contribution in [0.1, 0.15) is 24.4 Å². The number of rotatable bonds is 7. The third-order valence-electron chi connectivity index (χ3n) is 4.57. The molecule has 0 saturated carbocycles. The van der Waals surface area contributed by atoms with Gasteiger partial charge in [0.05, 0.1) is 20.3 Å². The lowest BCUT2D eigenvalue weighted by molar-refractivity contribution is 0.228. The first-order chi connectivity index (χ1) is 12.7. The van der Waals surface area contributed by atoms with E-state index in [0.29, 0.717) is 23.7 Å². The predicted molar refractivity (Wildman–Crippen MR) is 104 cm³/mol. The maximum atomic E-state index is 12.4. The molecule has 1 fully saturated rings. The summed E-state index contributed by atoms with van der Waals surface area (Å²) in [5, 5.41) is 10.1. The smallest absolute Gasteiger partial charge is 0.319 e. The maximum Gasteiger partial charge on any atom is 0.319 e. The molecule has 1 atom stereocenters. The first-order valence-electron chi connectivity index (χ1n) is 8.73. The molecule has 1 aromatic heterocycles. The van der Waals surface area contributed by atoms with Crippen molar-refractivity contribution in [3.05, 3.63) is 40.6 Å². The minimum atomic E-state index is -0.236. The Morgan fingerprint density at radius 1 is 1.19 bits per heavy atom. The zero-order valence-electron chi connectivity index (χ0n) is 15.2. The Kier molecular flexibility index (Phi) is 6.35. The van der Waals surface area contributed by atoms with Crippen LogP contribution in [0.15, 0.2) is 35.0 Å². The second-order valence-electron chi connectivity index (χ2n) is 6.25. The van der Waals surface area contributed by atoms with Gasteiger partial charge in [-0.05, 0) is 48.3 Å². The summed E-state index contributed by atoms with van der Waals surface area (Å²) in [5.41, 5.74) is 1.90. The summed E-state index contributed by atoms with van der Waals surface area (Å²) >= 11 is 1.69. The quantitative estimate of drug-likeness (QED) is 0.774. The van der Waals surface area contributed by atoms with E-state index in [1.165, 1.54) is 18.4 Å². The molecule has 1 saturated heterocycles. The monoisotopic (exact) mass is 375 g/mol. The van der Waals surface area contributed by atoms with Crippen LogP contribution in [-0.4, -0.2) is 44.8 Å². The van der Waals surface area contributed by atoms with Crippen molar-refractivity contribution >= 4 is 23.1 Å². The lowest BCUT2D eigenvalue weighted by Gasteiger charge is -2.27. The van der Waals surface area contributed by atoms with Crippen LogP contribution in [0.2, 0.25) is 0 Å². The summed E-state index contributed by atoms with van der Waals surface area (Å²) in [4.78, 5) is 14.8. The normalized spacial score (nSPS) is 15.5. The molecule has 0 bridgehead atoms. The van der Waals surface area contributed by atoms with E-state index >= 15 is 0 Å². The predicted octanol–water partition coefficient (Wildman–Crippen LogP) is 3.72. The fourth-order valence-electron chi connectivity index (χ4n) is 3.22. The number of hydrogen-bond donors (Lipinski definition) is 2. The van der Waals surface area contributed by atoms with Crippen molar-refractivity contribution < 1.29 is 14.3 Å². The molecule has 1 aromatic carbocycles. The van der Waals surface area contributed by atoms with Gasteiger partial charge in [-0.15, -0.1) is 0 Å². The SMILES string of the molecule is COc1cc(NC(=O)NC[C@@H](c2ccsc2)N2CCCC2)cc(OC)c1. The van der Waals surface area contributed by atoms with Gasteiger partial charge in [0.25, 0.3) is 0 Å². The summed E-state index contributed by atoms with van der Waals surface area (Å²) < 4.78 is 10.5. The molecule has 0 radical (unpaired) electrons. The van der Waals surface area contributed by atoms with Crippen molar-refractivity contribution in [1.29, 1.82) is 0 Å². The van der Waals surface area contributed by atoms with E-state index in [2.05, 4.69) is 32.4 Å². The fraction of sp³-hybridized carbons (Fsp3) is 0.421. The van der Waals surface area contributed by atoms with Gasteiger partial charge in [-0.25, -0.2) is 4.79 Å². The van der Waals surface area contributed by atoms with E-state index in [0.717, 1.165) is 13.1 Å². The number of carbonyl (C=O) groups excluding carboxylic acids is 1. The molecule has 1 aliphatic rings. The molecule has 2 amide bonds. The Morgan fingerprint density at radius 3 is 2.46 bits per heavy atom. The van der Waals surface area contributed by atoms with Gasteiger partial charge in [0.1, 0.15) is 11.5 Å². The maximum absolute atomic E-state index is 12.4. The molecule has 26 heavy (non-hydrogen) atoms. The summed E-state index contributed by atoms with van der Waals surface area (Å²) in [6.45, 7) is 2.73. The van der Waals surface area contributed by atoms with Crippen LogP contribution in [-0.2, 0) is 0 Å². The number of benzene rings is 1. The number of nitrogens with one attached hydrogen (secondary N) is 2. The highest BCUT2D eigenvalue weighted by molar-refractivity contribution is 7.07. The number of nitrogens with zero attached hydrogens (tertiary/aromatic N) is 1. The topological polar surface area (TPSA) is 62.8 Å². The minimum absolute atomic E-state index is 0.217. The average molecular weight is 375 g/mol. The van der Waals surface area contributed by atoms with Gasteiger partial charge in [-0.2, -0.15) is 11.3 Å². The second-order valence-corrected chi connectivity index (χ2v) is 7.03. The number of anilines is 1. The Morgan fingerprint density at radius 2 is 1.88 bits per heavy atom. The van der Waals surface area contributed by atoms with Crippen molar-refractivity contribution in [1.82, 2.24) is 10.2 Å². The van der Waals surface area contributed by atoms with Gasteiger partial charge in [0, 0.05) is 30.4 Å². The first-order valence-corrected chi connectivity index (χ1v) is 9.68. The standard InChI is InChI=1S/C19H25N3O3S/c1-24-16-9-15(10-17(11-16)25-2)21-19(23)20-12-18(14-5-8-26-13-14)22-6-3-4-7-22/h5,8-11,13,18H,3-4,6-7,12H2,1-2H3,(H2,20,21,23)/t18-/m0/s1. The molecule has 140 valence electrons. The summed E-state index contributed by atoms with van der Waals surface area (Å²) in [5.74, 6) is 1.26. The molecule has 1 aliphatic heterocycles. The number of thiophene rings is 1. The number of amides is 2. The van der Waals surface area contributed by atoms with Crippen molar-refractivity contribution in [2.75, 3.05) is 39.2 Å². The zero-order valence-corrected chi connectivity index (χ0v) is 16.0. The van der Waals surface area contributed by atoms with E-state index < -0.39 is 0 Å². The Bertz CT molecular complexity index is 693. The number of ether oxygens (including phenoxy) is 2. The van der Waals surface area contributed by atoms with Crippen molar-refractivity contribution in [3.8, 4) is 11.5 Å². The molecule has 2 aromatic rings.